The van der Waals surface area contributed by atoms with Crippen molar-refractivity contribution in [1.29, 1.82) is 0 Å². The first-order valence-corrected chi connectivity index (χ1v) is 6.63. The summed E-state index contributed by atoms with van der Waals surface area (Å²) in [6.07, 6.45) is 0. The lowest BCUT2D eigenvalue weighted by atomic mass is 9.98. The second-order valence-electron chi connectivity index (χ2n) is 5.21. The fourth-order valence-corrected chi connectivity index (χ4v) is 2.47. The highest BCUT2D eigenvalue weighted by Gasteiger charge is 2.17. The SMILES string of the molecule is Cc1ccc(-c2ccc3cc(C)c(F)c(F)c3c2F)cc1. The minimum atomic E-state index is -1.13. The number of hydrogen-bond acceptors (Lipinski definition) is 0. The normalized spacial score (nSPS) is 11.1. The van der Waals surface area contributed by atoms with E-state index in [2.05, 4.69) is 0 Å². The largest absolute Gasteiger partial charge is 0.206 e. The standard InChI is InChI=1S/C18H13F3/c1-10-3-5-12(6-4-10)14-8-7-13-9-11(2)16(19)18(21)15(13)17(14)20/h3-9H,1-2H3. The van der Waals surface area contributed by atoms with Crippen LogP contribution in [-0.2, 0) is 0 Å². The molecule has 0 saturated carbocycles. The van der Waals surface area contributed by atoms with Crippen molar-refractivity contribution >= 4 is 10.8 Å². The number of hydrogen-bond donors (Lipinski definition) is 0. The molecule has 0 bridgehead atoms. The molecule has 0 radical (unpaired) electrons. The van der Waals surface area contributed by atoms with Crippen LogP contribution < -0.4 is 0 Å². The number of benzene rings is 3. The van der Waals surface area contributed by atoms with Crippen molar-refractivity contribution in [3.05, 3.63) is 71.0 Å². The van der Waals surface area contributed by atoms with Crippen LogP contribution >= 0.6 is 0 Å². The molecule has 0 N–H and O–H groups in total. The van der Waals surface area contributed by atoms with E-state index in [9.17, 15) is 13.2 Å². The van der Waals surface area contributed by atoms with Gasteiger partial charge in [0, 0.05) is 5.56 Å². The predicted molar refractivity (Wildman–Crippen MR) is 78.7 cm³/mol. The molecule has 0 amide bonds. The Morgan fingerprint density at radius 1 is 0.714 bits per heavy atom. The Hall–Kier alpha value is -2.29. The average Bonchev–Trinajstić information content (AvgIpc) is 2.46. The van der Waals surface area contributed by atoms with E-state index >= 15 is 0 Å². The van der Waals surface area contributed by atoms with Gasteiger partial charge >= 0.3 is 0 Å². The molecule has 0 unspecified atom stereocenters. The van der Waals surface area contributed by atoms with Crippen molar-refractivity contribution in [3.8, 4) is 11.1 Å². The van der Waals surface area contributed by atoms with Crippen LogP contribution in [0.2, 0.25) is 0 Å². The first kappa shape index (κ1) is 13.7. The first-order valence-electron chi connectivity index (χ1n) is 6.63. The molecule has 0 heterocycles. The number of rotatable bonds is 1. The summed E-state index contributed by atoms with van der Waals surface area (Å²) in [5.41, 5.74) is 2.13. The Kier molecular flexibility index (Phi) is 3.20. The first-order chi connectivity index (χ1) is 9.99. The highest BCUT2D eigenvalue weighted by molar-refractivity contribution is 5.89. The molecule has 3 heteroatoms. The van der Waals surface area contributed by atoms with E-state index in [1.165, 1.54) is 13.0 Å². The third-order valence-electron chi connectivity index (χ3n) is 3.67. The predicted octanol–water partition coefficient (Wildman–Crippen LogP) is 5.54. The van der Waals surface area contributed by atoms with E-state index in [1.807, 2.05) is 19.1 Å². The number of fused-ring (bicyclic) bond motifs is 1. The van der Waals surface area contributed by atoms with E-state index in [0.29, 0.717) is 10.9 Å². The van der Waals surface area contributed by atoms with Gasteiger partial charge in [0.05, 0.1) is 5.39 Å². The van der Waals surface area contributed by atoms with Crippen molar-refractivity contribution in [3.63, 3.8) is 0 Å². The maximum absolute atomic E-state index is 14.6. The molecule has 0 atom stereocenters. The van der Waals surface area contributed by atoms with Gasteiger partial charge in [0.25, 0.3) is 0 Å². The second kappa shape index (κ2) is 4.92. The van der Waals surface area contributed by atoms with Crippen molar-refractivity contribution in [2.24, 2.45) is 0 Å². The Morgan fingerprint density at radius 2 is 1.38 bits per heavy atom. The van der Waals surface area contributed by atoms with Crippen LogP contribution in [0.1, 0.15) is 11.1 Å². The maximum atomic E-state index is 14.6. The Morgan fingerprint density at radius 3 is 2.05 bits per heavy atom. The highest BCUT2D eigenvalue weighted by Crippen LogP contribution is 2.32. The van der Waals surface area contributed by atoms with Crippen molar-refractivity contribution in [2.45, 2.75) is 13.8 Å². The molecule has 0 fully saturated rings. The van der Waals surface area contributed by atoms with Gasteiger partial charge in [0.1, 0.15) is 5.82 Å². The molecule has 106 valence electrons. The molecule has 0 aliphatic carbocycles. The molecule has 3 aromatic rings. The van der Waals surface area contributed by atoms with Gasteiger partial charge < -0.3 is 0 Å². The second-order valence-corrected chi connectivity index (χ2v) is 5.21. The zero-order valence-corrected chi connectivity index (χ0v) is 11.7. The van der Waals surface area contributed by atoms with Gasteiger partial charge in [-0.05, 0) is 36.4 Å². The third-order valence-corrected chi connectivity index (χ3v) is 3.67. The molecule has 0 saturated heterocycles. The minimum absolute atomic E-state index is 0.169. The third kappa shape index (κ3) is 2.19. The maximum Gasteiger partial charge on any atom is 0.169 e. The van der Waals surface area contributed by atoms with Gasteiger partial charge in [0.2, 0.25) is 0 Å². The molecule has 0 nitrogen and oxygen atoms in total. The number of halogens is 3. The molecule has 3 rings (SSSR count). The summed E-state index contributed by atoms with van der Waals surface area (Å²) in [5, 5.41) is 0.0657. The van der Waals surface area contributed by atoms with E-state index in [0.717, 1.165) is 5.56 Å². The summed E-state index contributed by atoms with van der Waals surface area (Å²) in [5.74, 6) is -2.85. The van der Waals surface area contributed by atoms with Gasteiger partial charge in [-0.15, -0.1) is 0 Å². The average molecular weight is 286 g/mol. The minimum Gasteiger partial charge on any atom is -0.206 e. The lowest BCUT2D eigenvalue weighted by Crippen LogP contribution is -1.96. The summed E-state index contributed by atoms with van der Waals surface area (Å²) >= 11 is 0. The summed E-state index contributed by atoms with van der Waals surface area (Å²) in [7, 11) is 0. The molecular weight excluding hydrogens is 273 g/mol. The van der Waals surface area contributed by atoms with Crippen LogP contribution in [0.3, 0.4) is 0 Å². The van der Waals surface area contributed by atoms with Crippen molar-refractivity contribution in [1.82, 2.24) is 0 Å². The summed E-state index contributed by atoms with van der Waals surface area (Å²) in [6, 6.07) is 11.9. The van der Waals surface area contributed by atoms with Crippen molar-refractivity contribution in [2.75, 3.05) is 0 Å². The van der Waals surface area contributed by atoms with E-state index < -0.39 is 17.5 Å². The molecular formula is C18H13F3. The number of aryl methyl sites for hydroxylation is 2. The fourth-order valence-electron chi connectivity index (χ4n) is 2.47. The summed E-state index contributed by atoms with van der Waals surface area (Å²) in [6.45, 7) is 3.39. The van der Waals surface area contributed by atoms with Gasteiger partial charge in [-0.3, -0.25) is 0 Å². The molecule has 0 aromatic heterocycles. The van der Waals surface area contributed by atoms with Crippen LogP contribution in [-0.4, -0.2) is 0 Å². The van der Waals surface area contributed by atoms with Crippen LogP contribution in [0, 0.1) is 31.3 Å². The molecule has 21 heavy (non-hydrogen) atoms. The molecule has 0 aliphatic heterocycles. The van der Waals surface area contributed by atoms with Gasteiger partial charge in [0.15, 0.2) is 11.6 Å². The lowest BCUT2D eigenvalue weighted by molar-refractivity contribution is 0.507. The molecule has 0 spiro atoms. The Balaban J connectivity index is 2.32. The smallest absolute Gasteiger partial charge is 0.169 e. The van der Waals surface area contributed by atoms with Crippen LogP contribution in [0.25, 0.3) is 21.9 Å². The highest BCUT2D eigenvalue weighted by atomic mass is 19.2. The monoisotopic (exact) mass is 286 g/mol. The molecule has 3 aromatic carbocycles. The van der Waals surface area contributed by atoms with Crippen LogP contribution in [0.4, 0.5) is 13.2 Å². The summed E-state index contributed by atoms with van der Waals surface area (Å²) in [4.78, 5) is 0. The lowest BCUT2D eigenvalue weighted by Gasteiger charge is -2.10. The van der Waals surface area contributed by atoms with Crippen molar-refractivity contribution < 1.29 is 13.2 Å². The molecule has 0 aliphatic rings. The summed E-state index contributed by atoms with van der Waals surface area (Å²) < 4.78 is 42.4. The Bertz CT molecular complexity index is 833. The van der Waals surface area contributed by atoms with E-state index in [1.54, 1.807) is 24.3 Å². The zero-order valence-electron chi connectivity index (χ0n) is 11.7. The van der Waals surface area contributed by atoms with Crippen LogP contribution in [0.5, 0.6) is 0 Å². The van der Waals surface area contributed by atoms with Gasteiger partial charge in [-0.1, -0.05) is 42.0 Å². The fraction of sp³-hybridized carbons (Fsp3) is 0.111. The van der Waals surface area contributed by atoms with Gasteiger partial charge in [-0.2, -0.15) is 0 Å². The van der Waals surface area contributed by atoms with Gasteiger partial charge in [-0.25, -0.2) is 13.2 Å². The Labute approximate surface area is 120 Å². The zero-order chi connectivity index (χ0) is 15.1. The quantitative estimate of drug-likeness (QED) is 0.551. The topological polar surface area (TPSA) is 0 Å². The van der Waals surface area contributed by atoms with Crippen LogP contribution in [0.15, 0.2) is 42.5 Å². The van der Waals surface area contributed by atoms with E-state index in [-0.39, 0.29) is 16.5 Å². The van der Waals surface area contributed by atoms with E-state index in [4.69, 9.17) is 0 Å².